The molecule has 1 aliphatic rings. The maximum absolute atomic E-state index is 13.5. The SMILES string of the molecule is CCOC(=O)C1=C(C)N=c2s/c(=C/c3ccc(OC(C)=O)cc3)c(=O)n2C1/C=C/c1ccccc1. The van der Waals surface area contributed by atoms with Gasteiger partial charge in [0, 0.05) is 6.92 Å². The maximum atomic E-state index is 13.5. The Kier molecular flexibility index (Phi) is 7.22. The van der Waals surface area contributed by atoms with Crippen LogP contribution in [0, 0.1) is 0 Å². The first kappa shape index (κ1) is 24.1. The lowest BCUT2D eigenvalue weighted by atomic mass is 10.0. The van der Waals surface area contributed by atoms with E-state index in [1.807, 2.05) is 42.5 Å². The van der Waals surface area contributed by atoms with E-state index in [0.717, 1.165) is 11.1 Å². The minimum absolute atomic E-state index is 0.221. The van der Waals surface area contributed by atoms with Crippen LogP contribution in [-0.4, -0.2) is 23.1 Å². The fourth-order valence-corrected chi connectivity index (χ4v) is 4.79. The highest BCUT2D eigenvalue weighted by molar-refractivity contribution is 7.07. The number of benzene rings is 2. The number of aromatic nitrogens is 1. The van der Waals surface area contributed by atoms with Gasteiger partial charge in [0.2, 0.25) is 0 Å². The van der Waals surface area contributed by atoms with E-state index >= 15 is 0 Å². The third-order valence-electron chi connectivity index (χ3n) is 5.27. The predicted octanol–water partition coefficient (Wildman–Crippen LogP) is 3.39. The van der Waals surface area contributed by atoms with Gasteiger partial charge < -0.3 is 9.47 Å². The van der Waals surface area contributed by atoms with Crippen LogP contribution < -0.4 is 19.6 Å². The van der Waals surface area contributed by atoms with Crippen LogP contribution in [0.5, 0.6) is 5.75 Å². The first-order chi connectivity index (χ1) is 16.9. The summed E-state index contributed by atoms with van der Waals surface area (Å²) in [5.74, 6) is -0.467. The Morgan fingerprint density at radius 1 is 1.09 bits per heavy atom. The number of hydrogen-bond acceptors (Lipinski definition) is 7. The van der Waals surface area contributed by atoms with Crippen molar-refractivity contribution >= 4 is 35.4 Å². The van der Waals surface area contributed by atoms with Gasteiger partial charge in [-0.3, -0.25) is 14.2 Å². The van der Waals surface area contributed by atoms with E-state index in [1.165, 1.54) is 22.8 Å². The number of rotatable bonds is 6. The summed E-state index contributed by atoms with van der Waals surface area (Å²) in [7, 11) is 0. The Bertz CT molecular complexity index is 1500. The van der Waals surface area contributed by atoms with Crippen molar-refractivity contribution in [2.45, 2.75) is 26.8 Å². The van der Waals surface area contributed by atoms with Crippen LogP contribution in [0.1, 0.15) is 37.9 Å². The van der Waals surface area contributed by atoms with Crippen molar-refractivity contribution in [3.8, 4) is 5.75 Å². The molecule has 0 saturated carbocycles. The van der Waals surface area contributed by atoms with Gasteiger partial charge in [-0.15, -0.1) is 0 Å². The van der Waals surface area contributed by atoms with Crippen LogP contribution >= 0.6 is 11.3 Å². The van der Waals surface area contributed by atoms with Crippen LogP contribution in [0.25, 0.3) is 12.2 Å². The summed E-state index contributed by atoms with van der Waals surface area (Å²) < 4.78 is 12.4. The molecule has 0 aliphatic carbocycles. The van der Waals surface area contributed by atoms with E-state index in [4.69, 9.17) is 9.47 Å². The van der Waals surface area contributed by atoms with Crippen LogP contribution in [0.2, 0.25) is 0 Å². The molecule has 0 saturated heterocycles. The lowest BCUT2D eigenvalue weighted by Gasteiger charge is -2.21. The zero-order chi connectivity index (χ0) is 24.9. The molecule has 35 heavy (non-hydrogen) atoms. The van der Waals surface area contributed by atoms with Crippen LogP contribution in [0.4, 0.5) is 0 Å². The van der Waals surface area contributed by atoms with Gasteiger partial charge in [-0.2, -0.15) is 0 Å². The monoisotopic (exact) mass is 488 g/mol. The van der Waals surface area contributed by atoms with E-state index in [0.29, 0.717) is 26.4 Å². The summed E-state index contributed by atoms with van der Waals surface area (Å²) in [5.41, 5.74) is 2.31. The number of thiazole rings is 1. The molecule has 2 aromatic carbocycles. The number of allylic oxidation sites excluding steroid dienone is 2. The van der Waals surface area contributed by atoms with Gasteiger partial charge in [-0.1, -0.05) is 66.0 Å². The van der Waals surface area contributed by atoms with Crippen LogP contribution in [0.15, 0.2) is 81.7 Å². The Balaban J connectivity index is 1.80. The maximum Gasteiger partial charge on any atom is 0.338 e. The average molecular weight is 489 g/mol. The number of carbonyl (C=O) groups is 2. The summed E-state index contributed by atoms with van der Waals surface area (Å²) in [6, 6.07) is 15.9. The normalized spacial score (nSPS) is 15.6. The van der Waals surface area contributed by atoms with E-state index in [1.54, 1.807) is 44.2 Å². The van der Waals surface area contributed by atoms with Gasteiger partial charge in [-0.25, -0.2) is 9.79 Å². The fraction of sp³-hybridized carbons (Fsp3) is 0.185. The summed E-state index contributed by atoms with van der Waals surface area (Å²) in [4.78, 5) is 42.5. The van der Waals surface area contributed by atoms with E-state index in [9.17, 15) is 14.4 Å². The number of carbonyl (C=O) groups excluding carboxylic acids is 2. The van der Waals surface area contributed by atoms with E-state index in [-0.39, 0.29) is 12.2 Å². The topological polar surface area (TPSA) is 87.0 Å². The zero-order valence-electron chi connectivity index (χ0n) is 19.6. The summed E-state index contributed by atoms with van der Waals surface area (Å²) in [6.07, 6.45) is 5.46. The standard InChI is InChI=1S/C27H24N2O5S/c1-4-33-26(32)24-17(2)28-27-29(22(24)15-12-19-8-6-5-7-9-19)25(31)23(35-27)16-20-10-13-21(14-11-20)34-18(3)30/h5-16,22H,4H2,1-3H3/b15-12+,23-16+. The molecule has 1 aromatic heterocycles. The second kappa shape index (κ2) is 10.5. The molecule has 0 fully saturated rings. The second-order valence-electron chi connectivity index (χ2n) is 7.78. The molecule has 0 bridgehead atoms. The predicted molar refractivity (Wildman–Crippen MR) is 135 cm³/mol. The van der Waals surface area contributed by atoms with Gasteiger partial charge in [0.25, 0.3) is 5.56 Å². The molecule has 0 spiro atoms. The first-order valence-electron chi connectivity index (χ1n) is 11.1. The molecule has 0 amide bonds. The number of nitrogens with zero attached hydrogens (tertiary/aromatic N) is 2. The largest absolute Gasteiger partial charge is 0.463 e. The van der Waals surface area contributed by atoms with Crippen molar-refractivity contribution in [2.24, 2.45) is 4.99 Å². The third-order valence-corrected chi connectivity index (χ3v) is 6.25. The number of esters is 2. The van der Waals surface area contributed by atoms with E-state index < -0.39 is 18.0 Å². The highest BCUT2D eigenvalue weighted by atomic mass is 32.1. The quantitative estimate of drug-likeness (QED) is 0.392. The molecule has 1 unspecified atom stereocenters. The van der Waals surface area contributed by atoms with Gasteiger partial charge in [0.05, 0.1) is 28.5 Å². The Labute approximate surface area is 206 Å². The van der Waals surface area contributed by atoms with E-state index in [2.05, 4.69) is 4.99 Å². The van der Waals surface area contributed by atoms with Crippen LogP contribution in [-0.2, 0) is 14.3 Å². The molecule has 4 rings (SSSR count). The Morgan fingerprint density at radius 2 is 1.80 bits per heavy atom. The zero-order valence-corrected chi connectivity index (χ0v) is 20.4. The van der Waals surface area contributed by atoms with Gasteiger partial charge in [0.1, 0.15) is 5.75 Å². The first-order valence-corrected chi connectivity index (χ1v) is 11.9. The minimum Gasteiger partial charge on any atom is -0.463 e. The highest BCUT2D eigenvalue weighted by Crippen LogP contribution is 2.26. The molecule has 0 radical (unpaired) electrons. The molecular weight excluding hydrogens is 464 g/mol. The van der Waals surface area contributed by atoms with Crippen molar-refractivity contribution in [1.29, 1.82) is 0 Å². The Morgan fingerprint density at radius 3 is 2.46 bits per heavy atom. The third kappa shape index (κ3) is 5.38. The van der Waals surface area contributed by atoms with Gasteiger partial charge >= 0.3 is 11.9 Å². The highest BCUT2D eigenvalue weighted by Gasteiger charge is 2.30. The van der Waals surface area contributed by atoms with Crippen molar-refractivity contribution in [1.82, 2.24) is 4.57 Å². The van der Waals surface area contributed by atoms with Gasteiger partial charge in [0.15, 0.2) is 4.80 Å². The number of ether oxygens (including phenoxy) is 2. The smallest absolute Gasteiger partial charge is 0.338 e. The number of fused-ring (bicyclic) bond motifs is 1. The Hall–Kier alpha value is -4.04. The fourth-order valence-electron chi connectivity index (χ4n) is 3.73. The summed E-state index contributed by atoms with van der Waals surface area (Å²) in [6.45, 7) is 5.05. The lowest BCUT2D eigenvalue weighted by Crippen LogP contribution is -2.38. The molecule has 3 aromatic rings. The van der Waals surface area contributed by atoms with Crippen molar-refractivity contribution in [3.05, 3.63) is 103 Å². The van der Waals surface area contributed by atoms with Gasteiger partial charge in [-0.05, 0) is 43.2 Å². The minimum atomic E-state index is -0.654. The van der Waals surface area contributed by atoms with Crippen LogP contribution in [0.3, 0.4) is 0 Å². The molecule has 1 atom stereocenters. The lowest BCUT2D eigenvalue weighted by molar-refractivity contribution is -0.139. The number of hydrogen-bond donors (Lipinski definition) is 0. The molecule has 1 aliphatic heterocycles. The second-order valence-corrected chi connectivity index (χ2v) is 8.79. The summed E-state index contributed by atoms with van der Waals surface area (Å²) >= 11 is 1.25. The molecular formula is C27H24N2O5S. The van der Waals surface area contributed by atoms with Crippen molar-refractivity contribution < 1.29 is 19.1 Å². The summed E-state index contributed by atoms with van der Waals surface area (Å²) in [5, 5.41) is 0. The molecule has 0 N–H and O–H groups in total. The molecule has 2 heterocycles. The molecule has 7 nitrogen and oxygen atoms in total. The van der Waals surface area contributed by atoms with Crippen molar-refractivity contribution in [2.75, 3.05) is 6.61 Å². The average Bonchev–Trinajstić information content (AvgIpc) is 3.13. The van der Waals surface area contributed by atoms with Crippen molar-refractivity contribution in [3.63, 3.8) is 0 Å². The molecule has 178 valence electrons. The molecule has 8 heteroatoms.